The molecule has 2 nitrogen and oxygen atoms in total. The Hall–Kier alpha value is -0.920. The molecule has 0 aliphatic carbocycles. The highest BCUT2D eigenvalue weighted by Gasteiger charge is 2.89. The Kier molecular flexibility index (Phi) is 7.93. The summed E-state index contributed by atoms with van der Waals surface area (Å²) in [5.74, 6) is -42.2. The van der Waals surface area contributed by atoms with E-state index in [4.69, 9.17) is 5.11 Å². The van der Waals surface area contributed by atoms with Gasteiger partial charge in [0, 0.05) is 6.61 Å². The molecule has 0 saturated heterocycles. The summed E-state index contributed by atoms with van der Waals surface area (Å²) in [5, 5.41) is 7.94. The Bertz CT molecular complexity index is 478. The molecular formula is C13H16F12O2. The smallest absolute Gasteiger partial charge is 0.384 e. The van der Waals surface area contributed by atoms with Crippen LogP contribution in [-0.4, -0.2) is 60.5 Å². The van der Waals surface area contributed by atoms with Crippen molar-refractivity contribution in [2.75, 3.05) is 19.8 Å². The van der Waals surface area contributed by atoms with Gasteiger partial charge in [0.25, 0.3) is 0 Å². The second-order valence-corrected chi connectivity index (χ2v) is 5.62. The summed E-state index contributed by atoms with van der Waals surface area (Å²) < 4.78 is 162. The van der Waals surface area contributed by atoms with Gasteiger partial charge >= 0.3 is 35.5 Å². The molecule has 0 atom stereocenters. The standard InChI is InChI=1S/C13H16F12O2/c1-2-3-4-5-27-7-9(16,17)11(20,21)13(24,25)12(22,23)10(18,19)8(14,15)6-26/h26H,2-7H2,1H3. The molecule has 27 heavy (non-hydrogen) atoms. The zero-order valence-electron chi connectivity index (χ0n) is 13.6. The summed E-state index contributed by atoms with van der Waals surface area (Å²) >= 11 is 0. The number of rotatable bonds is 12. The minimum atomic E-state index is -7.65. The van der Waals surface area contributed by atoms with E-state index in [2.05, 4.69) is 4.74 Å². The maximum Gasteiger partial charge on any atom is 0.384 e. The average molecular weight is 432 g/mol. The van der Waals surface area contributed by atoms with Crippen LogP contribution >= 0.6 is 0 Å². The van der Waals surface area contributed by atoms with Gasteiger partial charge < -0.3 is 9.84 Å². The molecular weight excluding hydrogens is 416 g/mol. The van der Waals surface area contributed by atoms with E-state index in [0.717, 1.165) is 0 Å². The molecule has 164 valence electrons. The number of alkyl halides is 12. The molecule has 0 amide bonds. The van der Waals surface area contributed by atoms with Gasteiger partial charge in [0.15, 0.2) is 0 Å². The first-order valence-electron chi connectivity index (χ1n) is 7.33. The summed E-state index contributed by atoms with van der Waals surface area (Å²) in [6.07, 6.45) is 0.901. The zero-order chi connectivity index (χ0) is 21.9. The van der Waals surface area contributed by atoms with Gasteiger partial charge in [-0.1, -0.05) is 19.8 Å². The fourth-order valence-corrected chi connectivity index (χ4v) is 1.70. The Morgan fingerprint density at radius 1 is 0.630 bits per heavy atom. The van der Waals surface area contributed by atoms with Gasteiger partial charge in [-0.2, -0.15) is 52.7 Å². The normalized spacial score (nSPS) is 15.3. The van der Waals surface area contributed by atoms with E-state index < -0.39 is 55.4 Å². The monoisotopic (exact) mass is 432 g/mol. The lowest BCUT2D eigenvalue weighted by atomic mass is 9.91. The van der Waals surface area contributed by atoms with E-state index in [1.807, 2.05) is 0 Å². The summed E-state index contributed by atoms with van der Waals surface area (Å²) in [6.45, 7) is -4.68. The minimum absolute atomic E-state index is 0.0193. The van der Waals surface area contributed by atoms with Gasteiger partial charge in [-0.05, 0) is 6.42 Å². The van der Waals surface area contributed by atoms with Crippen molar-refractivity contribution < 1.29 is 62.5 Å². The van der Waals surface area contributed by atoms with E-state index in [1.54, 1.807) is 6.92 Å². The minimum Gasteiger partial charge on any atom is -0.390 e. The molecule has 0 radical (unpaired) electrons. The third-order valence-electron chi connectivity index (χ3n) is 3.48. The van der Waals surface area contributed by atoms with Crippen LogP contribution in [0.3, 0.4) is 0 Å². The zero-order valence-corrected chi connectivity index (χ0v) is 13.6. The number of aliphatic hydroxyl groups is 1. The Morgan fingerprint density at radius 2 is 1.04 bits per heavy atom. The highest BCUT2D eigenvalue weighted by atomic mass is 19.4. The van der Waals surface area contributed by atoms with Crippen molar-refractivity contribution in [1.29, 1.82) is 0 Å². The Morgan fingerprint density at radius 3 is 1.41 bits per heavy atom. The van der Waals surface area contributed by atoms with E-state index in [9.17, 15) is 52.7 Å². The number of hydrogen-bond donors (Lipinski definition) is 1. The van der Waals surface area contributed by atoms with Gasteiger partial charge in [-0.15, -0.1) is 0 Å². The fourth-order valence-electron chi connectivity index (χ4n) is 1.70. The van der Waals surface area contributed by atoms with Gasteiger partial charge in [0.1, 0.15) is 13.2 Å². The molecule has 0 aromatic rings. The third-order valence-corrected chi connectivity index (χ3v) is 3.48. The van der Waals surface area contributed by atoms with Crippen molar-refractivity contribution >= 4 is 0 Å². The SMILES string of the molecule is CCCCCOCC(F)(F)C(F)(F)C(F)(F)C(F)(F)C(F)(F)C(F)(F)CO. The van der Waals surface area contributed by atoms with Crippen molar-refractivity contribution in [1.82, 2.24) is 0 Å². The molecule has 0 heterocycles. The van der Waals surface area contributed by atoms with E-state index in [1.165, 1.54) is 0 Å². The van der Waals surface area contributed by atoms with Gasteiger partial charge in [0.2, 0.25) is 0 Å². The van der Waals surface area contributed by atoms with Crippen LogP contribution in [0.5, 0.6) is 0 Å². The molecule has 0 aromatic heterocycles. The van der Waals surface area contributed by atoms with Crippen LogP contribution in [0, 0.1) is 0 Å². The number of ether oxygens (including phenoxy) is 1. The predicted molar refractivity (Wildman–Crippen MR) is 67.1 cm³/mol. The molecule has 0 rings (SSSR count). The third kappa shape index (κ3) is 4.40. The summed E-state index contributed by atoms with van der Waals surface area (Å²) in [5.41, 5.74) is 0. The molecule has 0 bridgehead atoms. The Labute approximate surface area is 145 Å². The van der Waals surface area contributed by atoms with Crippen LogP contribution < -0.4 is 0 Å². The quantitative estimate of drug-likeness (QED) is 0.348. The Balaban J connectivity index is 5.73. The predicted octanol–water partition coefficient (Wildman–Crippen LogP) is 5.00. The van der Waals surface area contributed by atoms with E-state index >= 15 is 0 Å². The first-order chi connectivity index (χ1) is 11.9. The molecule has 1 N–H and O–H groups in total. The number of aliphatic hydroxyl groups excluding tert-OH is 1. The topological polar surface area (TPSA) is 29.5 Å². The molecule has 0 aromatic carbocycles. The van der Waals surface area contributed by atoms with Crippen LogP contribution in [0.1, 0.15) is 26.2 Å². The largest absolute Gasteiger partial charge is 0.390 e. The summed E-state index contributed by atoms with van der Waals surface area (Å²) in [6, 6.07) is 0. The number of hydrogen-bond acceptors (Lipinski definition) is 2. The molecule has 0 spiro atoms. The first kappa shape index (κ1) is 26.1. The van der Waals surface area contributed by atoms with Crippen LogP contribution in [0.15, 0.2) is 0 Å². The van der Waals surface area contributed by atoms with Gasteiger partial charge in [0.05, 0.1) is 0 Å². The first-order valence-corrected chi connectivity index (χ1v) is 7.33. The maximum atomic E-state index is 13.4. The molecule has 0 aliphatic heterocycles. The summed E-state index contributed by atoms with van der Waals surface area (Å²) in [7, 11) is 0. The highest BCUT2D eigenvalue weighted by Crippen LogP contribution is 2.59. The van der Waals surface area contributed by atoms with Crippen LogP contribution in [0.25, 0.3) is 0 Å². The average Bonchev–Trinajstić information content (AvgIpc) is 2.53. The van der Waals surface area contributed by atoms with Gasteiger partial charge in [-0.3, -0.25) is 0 Å². The molecule has 0 aliphatic rings. The van der Waals surface area contributed by atoms with Crippen molar-refractivity contribution in [3.05, 3.63) is 0 Å². The van der Waals surface area contributed by atoms with Crippen molar-refractivity contribution in [3.8, 4) is 0 Å². The molecule has 14 heteroatoms. The number of unbranched alkanes of at least 4 members (excludes halogenated alkanes) is 2. The second-order valence-electron chi connectivity index (χ2n) is 5.62. The fraction of sp³-hybridized carbons (Fsp3) is 1.00. The van der Waals surface area contributed by atoms with E-state index in [-0.39, 0.29) is 6.42 Å². The lowest BCUT2D eigenvalue weighted by Gasteiger charge is -2.40. The maximum absolute atomic E-state index is 13.4. The van der Waals surface area contributed by atoms with Crippen molar-refractivity contribution in [2.24, 2.45) is 0 Å². The van der Waals surface area contributed by atoms with Gasteiger partial charge in [-0.25, -0.2) is 0 Å². The lowest BCUT2D eigenvalue weighted by Crippen LogP contribution is -2.71. The second kappa shape index (κ2) is 8.21. The van der Waals surface area contributed by atoms with Crippen LogP contribution in [0.2, 0.25) is 0 Å². The summed E-state index contributed by atoms with van der Waals surface area (Å²) in [4.78, 5) is 0. The molecule has 0 fully saturated rings. The number of halogens is 12. The molecule has 0 saturated carbocycles. The van der Waals surface area contributed by atoms with Crippen molar-refractivity contribution in [2.45, 2.75) is 61.7 Å². The lowest BCUT2D eigenvalue weighted by molar-refractivity contribution is -0.428. The van der Waals surface area contributed by atoms with Crippen molar-refractivity contribution in [3.63, 3.8) is 0 Å². The van der Waals surface area contributed by atoms with Crippen LogP contribution in [-0.2, 0) is 4.74 Å². The molecule has 0 unspecified atom stereocenters. The highest BCUT2D eigenvalue weighted by molar-refractivity contribution is 5.11. The van der Waals surface area contributed by atoms with Crippen LogP contribution in [0.4, 0.5) is 52.7 Å². The van der Waals surface area contributed by atoms with E-state index in [0.29, 0.717) is 12.8 Å².